The summed E-state index contributed by atoms with van der Waals surface area (Å²) in [6, 6.07) is 0. The molecule has 1 radical (unpaired) electrons. The molecule has 1 aliphatic rings. The molecule has 0 bridgehead atoms. The van der Waals surface area contributed by atoms with Crippen LogP contribution in [0.1, 0.15) is 32.1 Å². The average Bonchev–Trinajstić information content (AvgIpc) is 1.90. The maximum Gasteiger partial charge on any atom is 0.0180 e. The molecule has 1 fully saturated rings. The van der Waals surface area contributed by atoms with Crippen LogP contribution < -0.4 is 0 Å². The molecule has 1 saturated carbocycles. The molecule has 0 amide bonds. The van der Waals surface area contributed by atoms with Gasteiger partial charge in [-0.15, -0.1) is 0 Å². The van der Waals surface area contributed by atoms with Crippen LogP contribution in [-0.4, -0.2) is 0 Å². The number of allylic oxidation sites excluding steroid dienone is 1. The molecule has 1 rings (SSSR count). The Morgan fingerprint density at radius 2 is 1.78 bits per heavy atom. The highest BCUT2D eigenvalue weighted by atomic mass is 35.5. The number of hydrogen-bond donors (Lipinski definition) is 0. The number of rotatable bonds is 1. The number of halogens is 1. The van der Waals surface area contributed by atoms with Crippen molar-refractivity contribution in [3.63, 3.8) is 0 Å². The van der Waals surface area contributed by atoms with Crippen LogP contribution in [0.2, 0.25) is 0 Å². The fourth-order valence-electron chi connectivity index (χ4n) is 1.25. The summed E-state index contributed by atoms with van der Waals surface area (Å²) in [6.07, 6.45) is 6.35. The predicted octanol–water partition coefficient (Wildman–Crippen LogP) is 3.28. The van der Waals surface area contributed by atoms with Gasteiger partial charge in [0.15, 0.2) is 0 Å². The molecule has 0 saturated heterocycles. The highest BCUT2D eigenvalue weighted by Crippen LogP contribution is 2.32. The van der Waals surface area contributed by atoms with Crippen LogP contribution in [0.15, 0.2) is 11.6 Å². The summed E-state index contributed by atoms with van der Waals surface area (Å²) in [7, 11) is 0. The highest BCUT2D eigenvalue weighted by molar-refractivity contribution is 6.31. The van der Waals surface area contributed by atoms with Crippen molar-refractivity contribution in [3.05, 3.63) is 17.5 Å². The van der Waals surface area contributed by atoms with Crippen molar-refractivity contribution in [2.24, 2.45) is 0 Å². The predicted molar refractivity (Wildman–Crippen MR) is 41.3 cm³/mol. The van der Waals surface area contributed by atoms with E-state index in [1.807, 2.05) is 0 Å². The zero-order valence-corrected chi connectivity index (χ0v) is 6.38. The quantitative estimate of drug-likeness (QED) is 0.529. The first-order valence-corrected chi connectivity index (χ1v) is 3.88. The normalized spacial score (nSPS) is 21.9. The van der Waals surface area contributed by atoms with Gasteiger partial charge in [-0.1, -0.05) is 37.4 Å². The molecule has 0 aromatic carbocycles. The topological polar surface area (TPSA) is 0 Å². The summed E-state index contributed by atoms with van der Waals surface area (Å²) in [5, 5.41) is 0.787. The minimum absolute atomic E-state index is 0.787. The minimum Gasteiger partial charge on any atom is -0.0891 e. The van der Waals surface area contributed by atoms with Crippen LogP contribution in [-0.2, 0) is 0 Å². The first-order valence-electron chi connectivity index (χ1n) is 3.50. The van der Waals surface area contributed by atoms with Crippen LogP contribution in [0.4, 0.5) is 0 Å². The van der Waals surface area contributed by atoms with Gasteiger partial charge in [0.25, 0.3) is 0 Å². The second-order valence-electron chi connectivity index (χ2n) is 2.57. The smallest absolute Gasteiger partial charge is 0.0180 e. The SMILES string of the molecule is C=C(Cl)[C]1CCCCC1. The van der Waals surface area contributed by atoms with Crippen LogP contribution in [0.5, 0.6) is 0 Å². The van der Waals surface area contributed by atoms with Crippen molar-refractivity contribution in [1.29, 1.82) is 0 Å². The van der Waals surface area contributed by atoms with Gasteiger partial charge in [0.05, 0.1) is 0 Å². The lowest BCUT2D eigenvalue weighted by molar-refractivity contribution is 0.554. The van der Waals surface area contributed by atoms with Gasteiger partial charge in [-0.25, -0.2) is 0 Å². The van der Waals surface area contributed by atoms with Gasteiger partial charge in [-0.2, -0.15) is 0 Å². The van der Waals surface area contributed by atoms with Gasteiger partial charge < -0.3 is 0 Å². The summed E-state index contributed by atoms with van der Waals surface area (Å²) in [5.74, 6) is 1.38. The minimum atomic E-state index is 0.787. The molecule has 51 valence electrons. The highest BCUT2D eigenvalue weighted by Gasteiger charge is 2.14. The van der Waals surface area contributed by atoms with Crippen molar-refractivity contribution in [2.45, 2.75) is 32.1 Å². The van der Waals surface area contributed by atoms with Gasteiger partial charge in [-0.3, -0.25) is 0 Å². The van der Waals surface area contributed by atoms with Gasteiger partial charge >= 0.3 is 0 Å². The van der Waals surface area contributed by atoms with Crippen LogP contribution in [0.25, 0.3) is 0 Å². The summed E-state index contributed by atoms with van der Waals surface area (Å²) in [5.41, 5.74) is 0. The Hall–Kier alpha value is 0.0300. The van der Waals surface area contributed by atoms with Crippen molar-refractivity contribution in [3.8, 4) is 0 Å². The largest absolute Gasteiger partial charge is 0.0891 e. The molecular formula is C8H12Cl. The molecule has 0 aromatic heterocycles. The Morgan fingerprint density at radius 1 is 1.22 bits per heavy atom. The zero-order valence-electron chi connectivity index (χ0n) is 5.62. The third-order valence-electron chi connectivity index (χ3n) is 1.84. The summed E-state index contributed by atoms with van der Waals surface area (Å²) >= 11 is 5.73. The fourth-order valence-corrected chi connectivity index (χ4v) is 1.44. The molecule has 0 nitrogen and oxygen atoms in total. The van der Waals surface area contributed by atoms with E-state index in [1.54, 1.807) is 0 Å². The van der Waals surface area contributed by atoms with E-state index in [4.69, 9.17) is 11.6 Å². The fraction of sp³-hybridized carbons (Fsp3) is 0.625. The number of hydrogen-bond acceptors (Lipinski definition) is 0. The Bertz CT molecular complexity index is 101. The van der Waals surface area contributed by atoms with E-state index in [0.29, 0.717) is 0 Å². The van der Waals surface area contributed by atoms with E-state index >= 15 is 0 Å². The Balaban J connectivity index is 2.31. The average molecular weight is 144 g/mol. The Labute approximate surface area is 61.9 Å². The van der Waals surface area contributed by atoms with E-state index in [2.05, 4.69) is 6.58 Å². The Kier molecular flexibility index (Phi) is 2.59. The summed E-state index contributed by atoms with van der Waals surface area (Å²) in [4.78, 5) is 0. The maximum absolute atomic E-state index is 5.73. The summed E-state index contributed by atoms with van der Waals surface area (Å²) < 4.78 is 0. The molecule has 9 heavy (non-hydrogen) atoms. The third-order valence-corrected chi connectivity index (χ3v) is 2.11. The lowest BCUT2D eigenvalue weighted by atomic mass is 9.89. The van der Waals surface area contributed by atoms with E-state index in [1.165, 1.54) is 38.0 Å². The monoisotopic (exact) mass is 143 g/mol. The molecule has 0 spiro atoms. The molecule has 0 unspecified atom stereocenters. The van der Waals surface area contributed by atoms with Gasteiger partial charge in [0.2, 0.25) is 0 Å². The molecule has 0 N–H and O–H groups in total. The van der Waals surface area contributed by atoms with Gasteiger partial charge in [0.1, 0.15) is 0 Å². The van der Waals surface area contributed by atoms with Crippen molar-refractivity contribution in [2.75, 3.05) is 0 Å². The van der Waals surface area contributed by atoms with Crippen LogP contribution in [0.3, 0.4) is 0 Å². The van der Waals surface area contributed by atoms with Gasteiger partial charge in [-0.05, 0) is 12.8 Å². The van der Waals surface area contributed by atoms with Crippen molar-refractivity contribution >= 4 is 11.6 Å². The molecular weight excluding hydrogens is 132 g/mol. The van der Waals surface area contributed by atoms with Crippen LogP contribution >= 0.6 is 11.6 Å². The molecule has 1 heteroatoms. The maximum atomic E-state index is 5.73. The molecule has 1 aliphatic carbocycles. The Morgan fingerprint density at radius 3 is 2.11 bits per heavy atom. The van der Waals surface area contributed by atoms with E-state index in [9.17, 15) is 0 Å². The second kappa shape index (κ2) is 3.26. The summed E-state index contributed by atoms with van der Waals surface area (Å²) in [6.45, 7) is 3.71. The van der Waals surface area contributed by atoms with Crippen LogP contribution in [0, 0.1) is 5.92 Å². The van der Waals surface area contributed by atoms with Crippen molar-refractivity contribution < 1.29 is 0 Å². The molecule has 0 atom stereocenters. The lowest BCUT2D eigenvalue weighted by Gasteiger charge is -2.18. The van der Waals surface area contributed by atoms with Crippen molar-refractivity contribution in [1.82, 2.24) is 0 Å². The van der Waals surface area contributed by atoms with E-state index in [-0.39, 0.29) is 0 Å². The standard InChI is InChI=1S/C8H12Cl/c1-7(9)8-5-3-2-4-6-8/h1-6H2. The first-order chi connectivity index (χ1) is 4.30. The van der Waals surface area contributed by atoms with E-state index < -0.39 is 0 Å². The van der Waals surface area contributed by atoms with Gasteiger partial charge in [0, 0.05) is 11.0 Å². The third kappa shape index (κ3) is 2.02. The molecule has 0 heterocycles. The van der Waals surface area contributed by atoms with E-state index in [0.717, 1.165) is 5.03 Å². The first kappa shape index (κ1) is 7.14. The zero-order chi connectivity index (χ0) is 6.69. The molecule has 0 aromatic rings. The second-order valence-corrected chi connectivity index (χ2v) is 3.03. The lowest BCUT2D eigenvalue weighted by Crippen LogP contribution is -2.02. The molecule has 0 aliphatic heterocycles.